The summed E-state index contributed by atoms with van der Waals surface area (Å²) in [4.78, 5) is 14.1. The molecule has 46 heavy (non-hydrogen) atoms. The van der Waals surface area contributed by atoms with Gasteiger partial charge in [-0.1, -0.05) is 97.1 Å². The highest BCUT2D eigenvalue weighted by Gasteiger charge is 2.14. The van der Waals surface area contributed by atoms with Crippen molar-refractivity contribution in [1.29, 1.82) is 0 Å². The molecule has 2 N–H and O–H groups in total. The summed E-state index contributed by atoms with van der Waals surface area (Å²) in [6.07, 6.45) is 7.38. The number of pyridine rings is 2. The monoisotopic (exact) mass is 592 g/mol. The second-order valence-electron chi connectivity index (χ2n) is 11.2. The summed E-state index contributed by atoms with van der Waals surface area (Å²) in [6, 6.07) is 50.2. The van der Waals surface area contributed by atoms with Crippen molar-refractivity contribution in [3.8, 4) is 44.5 Å². The summed E-state index contributed by atoms with van der Waals surface area (Å²) in [6.45, 7) is 0.460. The number of rotatable bonds is 8. The third kappa shape index (κ3) is 6.37. The SMILES string of the molecule is Nc1ccc(-c2ccccc2)cc1C(=NCc1cc(-c2cccnc2)cc(-c2cccnc2)c1)c1cccc(-c2ccccc2)c1. The Morgan fingerprint density at radius 1 is 0.478 bits per heavy atom. The van der Waals surface area contributed by atoms with Crippen molar-refractivity contribution in [2.45, 2.75) is 6.54 Å². The zero-order valence-corrected chi connectivity index (χ0v) is 25.3. The van der Waals surface area contributed by atoms with Gasteiger partial charge in [0.1, 0.15) is 0 Å². The van der Waals surface area contributed by atoms with Crippen LogP contribution >= 0.6 is 0 Å². The average molecular weight is 593 g/mol. The maximum absolute atomic E-state index is 6.73. The van der Waals surface area contributed by atoms with Gasteiger partial charge in [-0.05, 0) is 87.5 Å². The van der Waals surface area contributed by atoms with E-state index in [9.17, 15) is 0 Å². The number of benzene rings is 5. The van der Waals surface area contributed by atoms with E-state index in [1.165, 1.54) is 0 Å². The molecular formula is C42H32N4. The van der Waals surface area contributed by atoms with Gasteiger partial charge in [0.2, 0.25) is 0 Å². The molecule has 0 amide bonds. The van der Waals surface area contributed by atoms with E-state index in [-0.39, 0.29) is 0 Å². The predicted molar refractivity (Wildman–Crippen MR) is 190 cm³/mol. The maximum Gasteiger partial charge on any atom is 0.0744 e. The van der Waals surface area contributed by atoms with Crippen LogP contribution in [0.5, 0.6) is 0 Å². The smallest absolute Gasteiger partial charge is 0.0744 e. The Balaban J connectivity index is 1.37. The molecule has 4 heteroatoms. The zero-order chi connectivity index (χ0) is 31.1. The molecular weight excluding hydrogens is 560 g/mol. The van der Waals surface area contributed by atoms with Crippen LogP contribution in [0.4, 0.5) is 5.69 Å². The van der Waals surface area contributed by atoms with Crippen LogP contribution in [0.1, 0.15) is 16.7 Å². The van der Waals surface area contributed by atoms with E-state index in [0.29, 0.717) is 12.2 Å². The minimum absolute atomic E-state index is 0.460. The Bertz CT molecular complexity index is 2050. The largest absolute Gasteiger partial charge is 0.398 e. The summed E-state index contributed by atoms with van der Waals surface area (Å²) >= 11 is 0. The standard InChI is InChI=1S/C42H32N4/c43-41-19-18-34(32-12-5-2-6-13-32)26-40(41)42(35-15-7-14-33(24-35)31-10-3-1-4-11-31)46-27-30-22-38(36-16-8-20-44-28-36)25-39(23-30)37-17-9-21-45-29-37/h1-26,28-29H,27,43H2. The lowest BCUT2D eigenvalue weighted by atomic mass is 9.93. The van der Waals surface area contributed by atoms with E-state index >= 15 is 0 Å². The minimum atomic E-state index is 0.460. The van der Waals surface area contributed by atoms with E-state index in [0.717, 1.165) is 66.9 Å². The molecule has 0 aliphatic rings. The fraction of sp³-hybridized carbons (Fsp3) is 0.0238. The quantitative estimate of drug-likeness (QED) is 0.141. The second-order valence-corrected chi connectivity index (χ2v) is 11.2. The number of nitrogens with zero attached hydrogens (tertiary/aromatic N) is 3. The molecule has 0 atom stereocenters. The van der Waals surface area contributed by atoms with Crippen LogP contribution in [-0.4, -0.2) is 15.7 Å². The third-order valence-electron chi connectivity index (χ3n) is 8.06. The maximum atomic E-state index is 6.73. The number of nitrogens with two attached hydrogens (primary N) is 1. The Kier molecular flexibility index (Phi) is 8.24. The van der Waals surface area contributed by atoms with Gasteiger partial charge in [-0.2, -0.15) is 0 Å². The van der Waals surface area contributed by atoms with Crippen LogP contribution < -0.4 is 5.73 Å². The van der Waals surface area contributed by atoms with Gasteiger partial charge in [0.25, 0.3) is 0 Å². The molecule has 7 rings (SSSR count). The fourth-order valence-corrected chi connectivity index (χ4v) is 5.73. The Hall–Kier alpha value is -6.13. The number of anilines is 1. The molecule has 2 aromatic heterocycles. The predicted octanol–water partition coefficient (Wildman–Crippen LogP) is 9.76. The van der Waals surface area contributed by atoms with E-state index in [1.807, 2.05) is 42.7 Å². The van der Waals surface area contributed by atoms with Gasteiger partial charge >= 0.3 is 0 Å². The molecule has 0 saturated heterocycles. The van der Waals surface area contributed by atoms with Crippen molar-refractivity contribution >= 4 is 11.4 Å². The molecule has 0 bridgehead atoms. The summed E-state index contributed by atoms with van der Waals surface area (Å²) in [7, 11) is 0. The zero-order valence-electron chi connectivity index (χ0n) is 25.3. The first-order valence-electron chi connectivity index (χ1n) is 15.3. The number of hydrogen-bond donors (Lipinski definition) is 1. The van der Waals surface area contributed by atoms with Crippen LogP contribution in [-0.2, 0) is 6.54 Å². The Morgan fingerprint density at radius 3 is 1.63 bits per heavy atom. The first-order chi connectivity index (χ1) is 22.7. The van der Waals surface area contributed by atoms with Crippen LogP contribution in [0.2, 0.25) is 0 Å². The highest BCUT2D eigenvalue weighted by molar-refractivity contribution is 6.16. The Morgan fingerprint density at radius 2 is 1.04 bits per heavy atom. The molecule has 220 valence electrons. The minimum Gasteiger partial charge on any atom is -0.398 e. The first kappa shape index (κ1) is 28.6. The molecule has 0 aliphatic heterocycles. The van der Waals surface area contributed by atoms with Crippen molar-refractivity contribution in [3.05, 3.63) is 187 Å². The van der Waals surface area contributed by atoms with Crippen molar-refractivity contribution in [3.63, 3.8) is 0 Å². The third-order valence-corrected chi connectivity index (χ3v) is 8.06. The highest BCUT2D eigenvalue weighted by Crippen LogP contribution is 2.31. The lowest BCUT2D eigenvalue weighted by Crippen LogP contribution is -2.08. The summed E-state index contributed by atoms with van der Waals surface area (Å²) in [5, 5.41) is 0. The molecule has 0 fully saturated rings. The lowest BCUT2D eigenvalue weighted by molar-refractivity contribution is 1.07. The number of aliphatic imine (C=N–C) groups is 1. The first-order valence-corrected chi connectivity index (χ1v) is 15.3. The van der Waals surface area contributed by atoms with Gasteiger partial charge < -0.3 is 5.73 Å². The summed E-state index contributed by atoms with van der Waals surface area (Å²) < 4.78 is 0. The van der Waals surface area contributed by atoms with E-state index in [2.05, 4.69) is 125 Å². The molecule has 0 unspecified atom stereocenters. The average Bonchev–Trinajstić information content (AvgIpc) is 3.14. The molecule has 7 aromatic rings. The normalized spacial score (nSPS) is 11.3. The second kappa shape index (κ2) is 13.2. The fourth-order valence-electron chi connectivity index (χ4n) is 5.73. The highest BCUT2D eigenvalue weighted by atomic mass is 14.7. The van der Waals surface area contributed by atoms with Gasteiger partial charge in [-0.3, -0.25) is 15.0 Å². The van der Waals surface area contributed by atoms with Gasteiger partial charge in [0, 0.05) is 52.7 Å². The van der Waals surface area contributed by atoms with Gasteiger partial charge in [0.05, 0.1) is 12.3 Å². The summed E-state index contributed by atoms with van der Waals surface area (Å²) in [5.74, 6) is 0. The van der Waals surface area contributed by atoms with Crippen molar-refractivity contribution in [1.82, 2.24) is 9.97 Å². The number of nitrogen functional groups attached to an aromatic ring is 1. The van der Waals surface area contributed by atoms with Gasteiger partial charge in [-0.15, -0.1) is 0 Å². The molecule has 0 saturated carbocycles. The molecule has 4 nitrogen and oxygen atoms in total. The van der Waals surface area contributed by atoms with Crippen LogP contribution in [0.25, 0.3) is 44.5 Å². The van der Waals surface area contributed by atoms with E-state index in [4.69, 9.17) is 10.7 Å². The summed E-state index contributed by atoms with van der Waals surface area (Å²) in [5.41, 5.74) is 20.0. The van der Waals surface area contributed by atoms with Crippen LogP contribution in [0, 0.1) is 0 Å². The molecule has 5 aromatic carbocycles. The lowest BCUT2D eigenvalue weighted by Gasteiger charge is -2.15. The molecule has 0 radical (unpaired) electrons. The number of aromatic nitrogens is 2. The molecule has 2 heterocycles. The molecule has 0 spiro atoms. The van der Waals surface area contributed by atoms with Gasteiger partial charge in [-0.25, -0.2) is 0 Å². The van der Waals surface area contributed by atoms with Crippen molar-refractivity contribution < 1.29 is 0 Å². The van der Waals surface area contributed by atoms with Crippen molar-refractivity contribution in [2.75, 3.05) is 5.73 Å². The Labute approximate surface area is 269 Å². The van der Waals surface area contributed by atoms with E-state index < -0.39 is 0 Å². The van der Waals surface area contributed by atoms with Crippen LogP contribution in [0.3, 0.4) is 0 Å². The van der Waals surface area contributed by atoms with E-state index in [1.54, 1.807) is 12.4 Å². The van der Waals surface area contributed by atoms with Crippen molar-refractivity contribution in [2.24, 2.45) is 4.99 Å². The van der Waals surface area contributed by atoms with Crippen LogP contribution in [0.15, 0.2) is 175 Å². The topological polar surface area (TPSA) is 64.2 Å². The number of hydrogen-bond acceptors (Lipinski definition) is 4. The molecule has 0 aliphatic carbocycles. The van der Waals surface area contributed by atoms with Gasteiger partial charge in [0.15, 0.2) is 0 Å².